The van der Waals surface area contributed by atoms with Crippen LogP contribution < -0.4 is 5.73 Å². The molecule has 1 aliphatic rings. The minimum Gasteiger partial charge on any atom is -0.395 e. The largest absolute Gasteiger partial charge is 0.395 e. The van der Waals surface area contributed by atoms with Crippen LogP contribution in [0, 0.1) is 11.8 Å². The van der Waals surface area contributed by atoms with Gasteiger partial charge in [0.15, 0.2) is 0 Å². The lowest BCUT2D eigenvalue weighted by atomic mass is 9.78. The van der Waals surface area contributed by atoms with Gasteiger partial charge < -0.3 is 10.8 Å². The van der Waals surface area contributed by atoms with E-state index in [0.29, 0.717) is 18.0 Å². The molecule has 0 saturated heterocycles. The van der Waals surface area contributed by atoms with Crippen molar-refractivity contribution in [3.8, 4) is 0 Å². The van der Waals surface area contributed by atoms with Gasteiger partial charge in [0.1, 0.15) is 0 Å². The van der Waals surface area contributed by atoms with E-state index in [4.69, 9.17) is 5.73 Å². The van der Waals surface area contributed by atoms with Gasteiger partial charge in [0.05, 0.1) is 6.61 Å². The predicted octanol–water partition coefficient (Wildman–Crippen LogP) is 2.23. The summed E-state index contributed by atoms with van der Waals surface area (Å²) < 4.78 is 0. The molecule has 0 aromatic rings. The van der Waals surface area contributed by atoms with E-state index in [0.717, 1.165) is 31.8 Å². The molecule has 108 valence electrons. The van der Waals surface area contributed by atoms with Gasteiger partial charge in [-0.15, -0.1) is 0 Å². The van der Waals surface area contributed by atoms with Gasteiger partial charge in [-0.05, 0) is 43.9 Å². The van der Waals surface area contributed by atoms with Crippen molar-refractivity contribution >= 4 is 0 Å². The van der Waals surface area contributed by atoms with Crippen LogP contribution in [-0.2, 0) is 0 Å². The van der Waals surface area contributed by atoms with Crippen LogP contribution in [0.5, 0.6) is 0 Å². The van der Waals surface area contributed by atoms with Crippen LogP contribution in [0.15, 0.2) is 0 Å². The van der Waals surface area contributed by atoms with E-state index in [1.54, 1.807) is 0 Å². The Hall–Kier alpha value is -0.120. The summed E-state index contributed by atoms with van der Waals surface area (Å²) in [6, 6.07) is 0.957. The van der Waals surface area contributed by atoms with Crippen LogP contribution in [0.3, 0.4) is 0 Å². The fraction of sp³-hybridized carbons (Fsp3) is 1.00. The molecular formula is C15H32N2O. The molecule has 1 aliphatic carbocycles. The highest BCUT2D eigenvalue weighted by Gasteiger charge is 2.28. The third kappa shape index (κ3) is 4.52. The highest BCUT2D eigenvalue weighted by Crippen LogP contribution is 2.29. The number of aliphatic hydroxyl groups excluding tert-OH is 1. The minimum absolute atomic E-state index is 0.258. The van der Waals surface area contributed by atoms with Crippen LogP contribution >= 0.6 is 0 Å². The van der Waals surface area contributed by atoms with Gasteiger partial charge in [0.2, 0.25) is 0 Å². The summed E-state index contributed by atoms with van der Waals surface area (Å²) in [5.74, 6) is 1.42. The third-order valence-electron chi connectivity index (χ3n) is 4.62. The van der Waals surface area contributed by atoms with E-state index in [2.05, 4.69) is 25.7 Å². The molecule has 1 saturated carbocycles. The molecule has 1 rings (SSSR count). The van der Waals surface area contributed by atoms with Gasteiger partial charge in [-0.2, -0.15) is 0 Å². The number of hydrogen-bond donors (Lipinski definition) is 2. The Labute approximate surface area is 113 Å². The Morgan fingerprint density at radius 2 is 1.94 bits per heavy atom. The van der Waals surface area contributed by atoms with Crippen molar-refractivity contribution in [1.82, 2.24) is 4.90 Å². The number of rotatable bonds is 7. The maximum Gasteiger partial charge on any atom is 0.0558 e. The fourth-order valence-corrected chi connectivity index (χ4v) is 3.39. The topological polar surface area (TPSA) is 49.5 Å². The van der Waals surface area contributed by atoms with E-state index in [9.17, 15) is 5.11 Å². The van der Waals surface area contributed by atoms with Crippen molar-refractivity contribution < 1.29 is 5.11 Å². The first-order chi connectivity index (χ1) is 8.62. The Balaban J connectivity index is 2.57. The van der Waals surface area contributed by atoms with Gasteiger partial charge >= 0.3 is 0 Å². The van der Waals surface area contributed by atoms with Gasteiger partial charge in [-0.3, -0.25) is 4.90 Å². The SMILES string of the molecule is CCC(CC)N(CCO)CC1CC(C)CCC1N. The Bertz CT molecular complexity index is 219. The molecule has 0 heterocycles. The highest BCUT2D eigenvalue weighted by atomic mass is 16.3. The van der Waals surface area contributed by atoms with E-state index in [-0.39, 0.29) is 6.61 Å². The van der Waals surface area contributed by atoms with Crippen molar-refractivity contribution in [2.24, 2.45) is 17.6 Å². The highest BCUT2D eigenvalue weighted by molar-refractivity contribution is 4.84. The second kappa shape index (κ2) is 8.13. The van der Waals surface area contributed by atoms with Gasteiger partial charge in [-0.25, -0.2) is 0 Å². The molecule has 0 aliphatic heterocycles. The average molecular weight is 256 g/mol. The van der Waals surface area contributed by atoms with Crippen molar-refractivity contribution in [2.45, 2.75) is 65.0 Å². The Morgan fingerprint density at radius 3 is 2.50 bits per heavy atom. The number of aliphatic hydroxyl groups is 1. The first kappa shape index (κ1) is 15.9. The molecule has 3 unspecified atom stereocenters. The zero-order valence-corrected chi connectivity index (χ0v) is 12.4. The predicted molar refractivity (Wildman–Crippen MR) is 77.5 cm³/mol. The van der Waals surface area contributed by atoms with Crippen LogP contribution in [0.25, 0.3) is 0 Å². The van der Waals surface area contributed by atoms with E-state index < -0.39 is 0 Å². The lowest BCUT2D eigenvalue weighted by molar-refractivity contribution is 0.0978. The van der Waals surface area contributed by atoms with Gasteiger partial charge in [-0.1, -0.05) is 20.8 Å². The number of nitrogens with zero attached hydrogens (tertiary/aromatic N) is 1. The molecule has 0 amide bonds. The van der Waals surface area contributed by atoms with E-state index >= 15 is 0 Å². The molecule has 3 N–H and O–H groups in total. The van der Waals surface area contributed by atoms with Crippen LogP contribution in [0.2, 0.25) is 0 Å². The monoisotopic (exact) mass is 256 g/mol. The summed E-state index contributed by atoms with van der Waals surface area (Å²) in [5.41, 5.74) is 6.28. The van der Waals surface area contributed by atoms with Crippen LogP contribution in [-0.4, -0.2) is 41.8 Å². The Morgan fingerprint density at radius 1 is 1.28 bits per heavy atom. The molecule has 1 fully saturated rings. The standard InChI is InChI=1S/C15H32N2O/c1-4-14(5-2)17(8-9-18)11-13-10-12(3)6-7-15(13)16/h12-15,18H,4-11,16H2,1-3H3. The smallest absolute Gasteiger partial charge is 0.0558 e. The normalized spacial score (nSPS) is 29.2. The van der Waals surface area contributed by atoms with Crippen molar-refractivity contribution in [3.05, 3.63) is 0 Å². The molecule has 0 spiro atoms. The molecule has 3 atom stereocenters. The molecule has 0 bridgehead atoms. The summed E-state index contributed by atoms with van der Waals surface area (Å²) in [7, 11) is 0. The van der Waals surface area contributed by atoms with Crippen LogP contribution in [0.1, 0.15) is 52.9 Å². The maximum absolute atomic E-state index is 9.25. The fourth-order valence-electron chi connectivity index (χ4n) is 3.39. The zero-order chi connectivity index (χ0) is 13.5. The summed E-state index contributed by atoms with van der Waals surface area (Å²) in [5, 5.41) is 9.25. The molecule has 3 heteroatoms. The molecule has 18 heavy (non-hydrogen) atoms. The summed E-state index contributed by atoms with van der Waals surface area (Å²) in [4.78, 5) is 2.46. The minimum atomic E-state index is 0.258. The van der Waals surface area contributed by atoms with E-state index in [1.807, 2.05) is 0 Å². The van der Waals surface area contributed by atoms with Crippen molar-refractivity contribution in [1.29, 1.82) is 0 Å². The van der Waals surface area contributed by atoms with Crippen molar-refractivity contribution in [3.63, 3.8) is 0 Å². The van der Waals surface area contributed by atoms with Gasteiger partial charge in [0.25, 0.3) is 0 Å². The summed E-state index contributed by atoms with van der Waals surface area (Å²) in [6.07, 6.45) is 6.02. The lowest BCUT2D eigenvalue weighted by Gasteiger charge is -2.39. The van der Waals surface area contributed by atoms with Crippen LogP contribution in [0.4, 0.5) is 0 Å². The molecular weight excluding hydrogens is 224 g/mol. The van der Waals surface area contributed by atoms with Crippen molar-refractivity contribution in [2.75, 3.05) is 19.7 Å². The number of hydrogen-bond acceptors (Lipinski definition) is 3. The zero-order valence-electron chi connectivity index (χ0n) is 12.4. The molecule has 3 nitrogen and oxygen atoms in total. The lowest BCUT2D eigenvalue weighted by Crippen LogP contribution is -2.46. The maximum atomic E-state index is 9.25. The second-order valence-electron chi connectivity index (χ2n) is 6.03. The summed E-state index contributed by atoms with van der Waals surface area (Å²) in [6.45, 7) is 8.94. The molecule has 0 aromatic heterocycles. The molecule has 0 radical (unpaired) electrons. The first-order valence-electron chi connectivity index (χ1n) is 7.72. The number of nitrogens with two attached hydrogens (primary N) is 1. The summed E-state index contributed by atoms with van der Waals surface area (Å²) >= 11 is 0. The third-order valence-corrected chi connectivity index (χ3v) is 4.62. The quantitative estimate of drug-likeness (QED) is 0.734. The first-order valence-corrected chi connectivity index (χ1v) is 7.72. The second-order valence-corrected chi connectivity index (χ2v) is 6.03. The van der Waals surface area contributed by atoms with E-state index in [1.165, 1.54) is 19.3 Å². The van der Waals surface area contributed by atoms with Gasteiger partial charge in [0, 0.05) is 25.2 Å². The average Bonchev–Trinajstić information content (AvgIpc) is 2.35. The Kier molecular flexibility index (Phi) is 7.20. The molecule has 0 aromatic carbocycles.